The molecule has 86 valence electrons. The van der Waals surface area contributed by atoms with Crippen molar-refractivity contribution in [3.8, 4) is 6.07 Å². The second-order valence-corrected chi connectivity index (χ2v) is 4.04. The van der Waals surface area contributed by atoms with Gasteiger partial charge in [-0.3, -0.25) is 4.90 Å². The molecule has 1 aliphatic rings. The Morgan fingerprint density at radius 1 is 1.62 bits per heavy atom. The van der Waals surface area contributed by atoms with Crippen molar-refractivity contribution < 1.29 is 4.74 Å². The lowest BCUT2D eigenvalue weighted by Gasteiger charge is -2.32. The summed E-state index contributed by atoms with van der Waals surface area (Å²) in [4.78, 5) is 2.38. The van der Waals surface area contributed by atoms with Crippen LogP contribution in [0.15, 0.2) is 18.3 Å². The Kier molecular flexibility index (Phi) is 3.60. The van der Waals surface area contributed by atoms with Crippen LogP contribution in [0.4, 0.5) is 0 Å². The summed E-state index contributed by atoms with van der Waals surface area (Å²) in [5.41, 5.74) is 0.706. The second-order valence-electron chi connectivity index (χ2n) is 4.04. The predicted molar refractivity (Wildman–Crippen MR) is 61.0 cm³/mol. The van der Waals surface area contributed by atoms with E-state index in [1.165, 1.54) is 0 Å². The summed E-state index contributed by atoms with van der Waals surface area (Å²) in [6, 6.07) is 5.92. The molecule has 1 aromatic heterocycles. The van der Waals surface area contributed by atoms with Crippen LogP contribution in [0.3, 0.4) is 0 Å². The Balaban J connectivity index is 1.97. The monoisotopic (exact) mass is 219 g/mol. The highest BCUT2D eigenvalue weighted by molar-refractivity contribution is 5.22. The normalized spacial score (nSPS) is 21.9. The van der Waals surface area contributed by atoms with Crippen molar-refractivity contribution >= 4 is 0 Å². The van der Waals surface area contributed by atoms with Gasteiger partial charge in [0.1, 0.15) is 11.8 Å². The number of nitrogens with zero attached hydrogens (tertiary/aromatic N) is 3. The molecule has 0 spiro atoms. The summed E-state index contributed by atoms with van der Waals surface area (Å²) < 4.78 is 7.67. The predicted octanol–water partition coefficient (Wildman–Crippen LogP) is 1.08. The fraction of sp³-hybridized carbons (Fsp3) is 0.583. The van der Waals surface area contributed by atoms with Crippen molar-refractivity contribution in [2.45, 2.75) is 19.6 Å². The summed E-state index contributed by atoms with van der Waals surface area (Å²) in [5.74, 6) is 0. The summed E-state index contributed by atoms with van der Waals surface area (Å²) >= 11 is 0. The van der Waals surface area contributed by atoms with Gasteiger partial charge in [-0.25, -0.2) is 0 Å². The highest BCUT2D eigenvalue weighted by atomic mass is 16.5. The van der Waals surface area contributed by atoms with Crippen molar-refractivity contribution in [3.63, 3.8) is 0 Å². The van der Waals surface area contributed by atoms with Gasteiger partial charge in [0.2, 0.25) is 0 Å². The second kappa shape index (κ2) is 5.15. The highest BCUT2D eigenvalue weighted by Gasteiger charge is 2.19. The Morgan fingerprint density at radius 3 is 3.25 bits per heavy atom. The third-order valence-corrected chi connectivity index (χ3v) is 3.01. The first-order valence-electron chi connectivity index (χ1n) is 5.72. The molecule has 2 rings (SSSR count). The molecule has 1 aliphatic heterocycles. The number of hydrogen-bond donors (Lipinski definition) is 0. The van der Waals surface area contributed by atoms with Crippen LogP contribution >= 0.6 is 0 Å². The van der Waals surface area contributed by atoms with Gasteiger partial charge in [0, 0.05) is 19.3 Å². The van der Waals surface area contributed by atoms with Gasteiger partial charge >= 0.3 is 0 Å². The topological polar surface area (TPSA) is 41.2 Å². The van der Waals surface area contributed by atoms with E-state index in [9.17, 15) is 0 Å². The van der Waals surface area contributed by atoms with Crippen molar-refractivity contribution in [3.05, 3.63) is 24.0 Å². The molecule has 0 radical (unpaired) electrons. The molecule has 0 N–H and O–H groups in total. The van der Waals surface area contributed by atoms with Gasteiger partial charge in [-0.05, 0) is 18.7 Å². The number of nitriles is 1. The fourth-order valence-corrected chi connectivity index (χ4v) is 2.07. The van der Waals surface area contributed by atoms with Gasteiger partial charge in [0.25, 0.3) is 0 Å². The minimum atomic E-state index is 0.202. The number of ether oxygens (including phenoxy) is 1. The van der Waals surface area contributed by atoms with E-state index in [2.05, 4.69) is 17.9 Å². The Bertz CT molecular complexity index is 380. The average Bonchev–Trinajstić information content (AvgIpc) is 2.76. The first-order valence-corrected chi connectivity index (χ1v) is 5.72. The van der Waals surface area contributed by atoms with E-state index in [0.29, 0.717) is 5.69 Å². The van der Waals surface area contributed by atoms with E-state index in [1.807, 2.05) is 22.9 Å². The first-order chi connectivity index (χ1) is 7.83. The van der Waals surface area contributed by atoms with Crippen LogP contribution < -0.4 is 0 Å². The minimum Gasteiger partial charge on any atom is -0.374 e. The maximum atomic E-state index is 8.91. The van der Waals surface area contributed by atoms with Gasteiger partial charge in [0.05, 0.1) is 19.3 Å². The molecule has 0 saturated carbocycles. The quantitative estimate of drug-likeness (QED) is 0.764. The van der Waals surface area contributed by atoms with E-state index < -0.39 is 0 Å². The maximum absolute atomic E-state index is 8.91. The van der Waals surface area contributed by atoms with Gasteiger partial charge in [-0.15, -0.1) is 0 Å². The van der Waals surface area contributed by atoms with Crippen LogP contribution in [0.5, 0.6) is 0 Å². The van der Waals surface area contributed by atoms with E-state index in [0.717, 1.165) is 32.8 Å². The lowest BCUT2D eigenvalue weighted by molar-refractivity contribution is -0.0343. The van der Waals surface area contributed by atoms with Gasteiger partial charge in [0.15, 0.2) is 0 Å². The molecular formula is C12H17N3O. The van der Waals surface area contributed by atoms with Crippen LogP contribution in [0.1, 0.15) is 12.6 Å². The van der Waals surface area contributed by atoms with Gasteiger partial charge in [-0.1, -0.05) is 6.92 Å². The van der Waals surface area contributed by atoms with Crippen LogP contribution in [0.25, 0.3) is 0 Å². The number of aromatic nitrogens is 1. The largest absolute Gasteiger partial charge is 0.374 e. The van der Waals surface area contributed by atoms with Crippen LogP contribution in [-0.4, -0.2) is 41.8 Å². The number of morpholine rings is 1. The number of likely N-dealkylation sites (N-methyl/N-ethyl adjacent to an activating group) is 1. The zero-order chi connectivity index (χ0) is 11.4. The molecule has 2 heterocycles. The van der Waals surface area contributed by atoms with E-state index in [4.69, 9.17) is 10.00 Å². The van der Waals surface area contributed by atoms with Crippen LogP contribution in [0.2, 0.25) is 0 Å². The highest BCUT2D eigenvalue weighted by Crippen LogP contribution is 2.09. The molecule has 1 saturated heterocycles. The molecule has 1 unspecified atom stereocenters. The zero-order valence-electron chi connectivity index (χ0n) is 9.59. The minimum absolute atomic E-state index is 0.202. The lowest BCUT2D eigenvalue weighted by atomic mass is 10.2. The van der Waals surface area contributed by atoms with Crippen molar-refractivity contribution in [1.29, 1.82) is 5.26 Å². The summed E-state index contributed by atoms with van der Waals surface area (Å²) in [5, 5.41) is 8.91. The first kappa shape index (κ1) is 11.2. The molecule has 4 nitrogen and oxygen atoms in total. The van der Waals surface area contributed by atoms with Crippen molar-refractivity contribution in [1.82, 2.24) is 9.47 Å². The fourth-order valence-electron chi connectivity index (χ4n) is 2.07. The van der Waals surface area contributed by atoms with Crippen molar-refractivity contribution in [2.75, 3.05) is 26.2 Å². The lowest BCUT2D eigenvalue weighted by Crippen LogP contribution is -2.43. The van der Waals surface area contributed by atoms with Crippen LogP contribution in [0, 0.1) is 11.3 Å². The molecule has 16 heavy (non-hydrogen) atoms. The molecule has 4 heteroatoms. The summed E-state index contributed by atoms with van der Waals surface area (Å²) in [7, 11) is 0. The van der Waals surface area contributed by atoms with E-state index in [-0.39, 0.29) is 6.10 Å². The van der Waals surface area contributed by atoms with Gasteiger partial charge < -0.3 is 9.30 Å². The Hall–Kier alpha value is -1.31. The third-order valence-electron chi connectivity index (χ3n) is 3.01. The maximum Gasteiger partial charge on any atom is 0.120 e. The standard InChI is InChI=1S/C12H17N3O/c1-2-14-6-7-16-12(9-14)10-15-5-3-4-11(15)8-13/h3-5,12H,2,6-7,9-10H2,1H3. The number of rotatable bonds is 3. The van der Waals surface area contributed by atoms with Gasteiger partial charge in [-0.2, -0.15) is 5.26 Å². The molecule has 0 aromatic carbocycles. The Morgan fingerprint density at radius 2 is 2.50 bits per heavy atom. The van der Waals surface area contributed by atoms with E-state index >= 15 is 0 Å². The molecule has 0 amide bonds. The van der Waals surface area contributed by atoms with Crippen molar-refractivity contribution in [2.24, 2.45) is 0 Å². The smallest absolute Gasteiger partial charge is 0.120 e. The van der Waals surface area contributed by atoms with Crippen LogP contribution in [-0.2, 0) is 11.3 Å². The Labute approximate surface area is 96.0 Å². The van der Waals surface area contributed by atoms with E-state index in [1.54, 1.807) is 0 Å². The third kappa shape index (κ3) is 2.43. The molecule has 1 aromatic rings. The molecule has 1 fully saturated rings. The number of hydrogen-bond acceptors (Lipinski definition) is 3. The summed E-state index contributed by atoms with van der Waals surface area (Å²) in [6.45, 7) is 6.77. The molecule has 0 bridgehead atoms. The zero-order valence-corrected chi connectivity index (χ0v) is 9.59. The molecular weight excluding hydrogens is 202 g/mol. The SMILES string of the molecule is CCN1CCOC(Cn2cccc2C#N)C1. The molecule has 1 atom stereocenters. The average molecular weight is 219 g/mol. The summed E-state index contributed by atoms with van der Waals surface area (Å²) in [6.07, 6.45) is 2.14. The molecule has 0 aliphatic carbocycles.